The van der Waals surface area contributed by atoms with Gasteiger partial charge in [0.05, 0.1) is 18.8 Å². The summed E-state index contributed by atoms with van der Waals surface area (Å²) in [6.07, 6.45) is -6.63. The second kappa shape index (κ2) is 8.76. The van der Waals surface area contributed by atoms with Crippen LogP contribution in [0.5, 0.6) is 0 Å². The van der Waals surface area contributed by atoms with Gasteiger partial charge in [0, 0.05) is 12.5 Å². The van der Waals surface area contributed by atoms with E-state index in [0.717, 1.165) is 0 Å². The zero-order chi connectivity index (χ0) is 17.7. The van der Waals surface area contributed by atoms with Crippen LogP contribution >= 0.6 is 0 Å². The van der Waals surface area contributed by atoms with Crippen molar-refractivity contribution in [2.75, 3.05) is 13.2 Å². The molecule has 3 unspecified atom stereocenters. The van der Waals surface area contributed by atoms with Crippen molar-refractivity contribution in [1.82, 2.24) is 0 Å². The van der Waals surface area contributed by atoms with E-state index in [9.17, 15) is 15.3 Å². The largest absolute Gasteiger partial charge is 0.510 e. The van der Waals surface area contributed by atoms with Crippen LogP contribution in [0.2, 0.25) is 0 Å². The molecule has 1 fully saturated rings. The minimum atomic E-state index is -2.06. The molecule has 6 atom stereocenters. The maximum absolute atomic E-state index is 10.0. The van der Waals surface area contributed by atoms with Crippen LogP contribution in [-0.2, 0) is 4.74 Å². The first-order valence-corrected chi connectivity index (χ1v) is 7.28. The molecule has 0 saturated carbocycles. The highest BCUT2D eigenvalue weighted by Gasteiger charge is 2.43. The Morgan fingerprint density at radius 3 is 2.17 bits per heavy atom. The van der Waals surface area contributed by atoms with Crippen molar-refractivity contribution < 1.29 is 40.5 Å². The van der Waals surface area contributed by atoms with Crippen molar-refractivity contribution in [3.63, 3.8) is 0 Å². The number of ether oxygens (including phenoxy) is 1. The minimum absolute atomic E-state index is 0.0126. The van der Waals surface area contributed by atoms with Gasteiger partial charge in [0.25, 0.3) is 0 Å². The Morgan fingerprint density at radius 2 is 1.70 bits per heavy atom. The Kier molecular flexibility index (Phi) is 7.64. The Bertz CT molecular complexity index is 403. The molecule has 0 amide bonds. The molecule has 1 aliphatic rings. The van der Waals surface area contributed by atoms with Crippen molar-refractivity contribution in [2.45, 2.75) is 49.6 Å². The van der Waals surface area contributed by atoms with E-state index >= 15 is 0 Å². The zero-order valence-corrected chi connectivity index (χ0v) is 12.6. The van der Waals surface area contributed by atoms with E-state index in [-0.39, 0.29) is 19.4 Å². The summed E-state index contributed by atoms with van der Waals surface area (Å²) in [6.45, 7) is -0.856. The van der Waals surface area contributed by atoms with Gasteiger partial charge in [-0.2, -0.15) is 0 Å². The van der Waals surface area contributed by atoms with E-state index < -0.39 is 60.7 Å². The predicted molar refractivity (Wildman–Crippen MR) is 77.6 cm³/mol. The number of aliphatic hydroxyl groups is 7. The summed E-state index contributed by atoms with van der Waals surface area (Å²) in [5, 5.41) is 65.9. The van der Waals surface area contributed by atoms with Gasteiger partial charge >= 0.3 is 0 Å². The third kappa shape index (κ3) is 4.75. The van der Waals surface area contributed by atoms with Crippen LogP contribution in [0.1, 0.15) is 12.8 Å². The van der Waals surface area contributed by atoms with Crippen LogP contribution < -0.4 is 11.5 Å². The van der Waals surface area contributed by atoms with E-state index in [1.54, 1.807) is 0 Å². The summed E-state index contributed by atoms with van der Waals surface area (Å²) in [6, 6.07) is -0.998. The zero-order valence-electron chi connectivity index (χ0n) is 12.6. The quantitative estimate of drug-likeness (QED) is 0.164. The van der Waals surface area contributed by atoms with Gasteiger partial charge in [0.2, 0.25) is 0 Å². The first-order chi connectivity index (χ1) is 10.7. The molecule has 0 bridgehead atoms. The second-order valence-electron chi connectivity index (χ2n) is 5.61. The van der Waals surface area contributed by atoms with Crippen molar-refractivity contribution in [3.05, 3.63) is 11.5 Å². The Hall–Kier alpha value is -0.980. The summed E-state index contributed by atoms with van der Waals surface area (Å²) < 4.78 is 5.43. The van der Waals surface area contributed by atoms with Crippen molar-refractivity contribution in [2.24, 2.45) is 17.4 Å². The van der Waals surface area contributed by atoms with Gasteiger partial charge in [0.1, 0.15) is 29.8 Å². The average Bonchev–Trinajstić information content (AvgIpc) is 2.53. The standard InChI is InChI=1S/C13H26N2O8/c14-8-6(23-7(4-17)11(19)12(8)20)3-5(1-2-16)10(18)9(15)13(21)22/h5-8,11-13,16-22H,1-4,14-15H2/b10-9-/t5-,6+,7?,8?,11-,12?/m1/s1. The molecule has 10 heteroatoms. The van der Waals surface area contributed by atoms with Crippen molar-refractivity contribution in [1.29, 1.82) is 0 Å². The number of allylic oxidation sites excluding steroid dienone is 1. The van der Waals surface area contributed by atoms with Crippen LogP contribution in [0.3, 0.4) is 0 Å². The molecule has 11 N–H and O–H groups in total. The third-order valence-electron chi connectivity index (χ3n) is 4.04. The fraction of sp³-hybridized carbons (Fsp3) is 0.846. The third-order valence-corrected chi connectivity index (χ3v) is 4.04. The summed E-state index contributed by atoms with van der Waals surface area (Å²) in [5.41, 5.74) is 10.6. The average molecular weight is 338 g/mol. The molecule has 10 nitrogen and oxygen atoms in total. The maximum Gasteiger partial charge on any atom is 0.196 e. The normalized spacial score (nSPS) is 34.3. The van der Waals surface area contributed by atoms with Crippen LogP contribution in [0.25, 0.3) is 0 Å². The van der Waals surface area contributed by atoms with E-state index in [0.29, 0.717) is 0 Å². The second-order valence-corrected chi connectivity index (χ2v) is 5.61. The number of nitrogens with two attached hydrogens (primary N) is 2. The topological polar surface area (TPSA) is 203 Å². The summed E-state index contributed by atoms with van der Waals surface area (Å²) >= 11 is 0. The van der Waals surface area contributed by atoms with E-state index in [1.807, 2.05) is 0 Å². The molecular weight excluding hydrogens is 312 g/mol. The highest BCUT2D eigenvalue weighted by molar-refractivity contribution is 5.10. The van der Waals surface area contributed by atoms with E-state index in [2.05, 4.69) is 0 Å². The number of hydrogen-bond donors (Lipinski definition) is 9. The van der Waals surface area contributed by atoms with Crippen LogP contribution in [0.15, 0.2) is 11.5 Å². The molecule has 1 rings (SSSR count). The lowest BCUT2D eigenvalue weighted by Crippen LogP contribution is -2.62. The van der Waals surface area contributed by atoms with Gasteiger partial charge in [-0.15, -0.1) is 0 Å². The van der Waals surface area contributed by atoms with Crippen LogP contribution in [-0.4, -0.2) is 85.7 Å². The molecule has 0 spiro atoms. The van der Waals surface area contributed by atoms with Crippen molar-refractivity contribution in [3.8, 4) is 0 Å². The maximum atomic E-state index is 10.0. The van der Waals surface area contributed by atoms with E-state index in [4.69, 9.17) is 36.6 Å². The SMILES string of the molecule is N/C(=C(\O)[C@H](CCO)C[C@@H]1OC(CO)[C@@H](O)C(O)C1N)C(O)O. The molecular formula is C13H26N2O8. The van der Waals surface area contributed by atoms with Crippen LogP contribution in [0.4, 0.5) is 0 Å². The molecule has 1 saturated heterocycles. The number of aliphatic hydroxyl groups excluding tert-OH is 6. The van der Waals surface area contributed by atoms with Gasteiger partial charge in [0.15, 0.2) is 6.29 Å². The van der Waals surface area contributed by atoms with Gasteiger partial charge in [-0.3, -0.25) is 0 Å². The summed E-state index contributed by atoms with van der Waals surface area (Å²) in [5.74, 6) is -1.33. The van der Waals surface area contributed by atoms with Gasteiger partial charge < -0.3 is 51.9 Å². The molecule has 23 heavy (non-hydrogen) atoms. The lowest BCUT2D eigenvalue weighted by atomic mass is 9.86. The molecule has 1 heterocycles. The molecule has 0 aliphatic carbocycles. The molecule has 0 aromatic carbocycles. The molecule has 1 aliphatic heterocycles. The first-order valence-electron chi connectivity index (χ1n) is 7.28. The Morgan fingerprint density at radius 1 is 1.09 bits per heavy atom. The molecule has 0 aromatic heterocycles. The highest BCUT2D eigenvalue weighted by atomic mass is 16.5. The number of rotatable bonds is 7. The summed E-state index contributed by atoms with van der Waals surface area (Å²) in [4.78, 5) is 0. The lowest BCUT2D eigenvalue weighted by molar-refractivity contribution is -0.192. The Balaban J connectivity index is 2.93. The number of hydrogen-bond acceptors (Lipinski definition) is 10. The first kappa shape index (κ1) is 20.1. The minimum Gasteiger partial charge on any atom is -0.510 e. The monoisotopic (exact) mass is 338 g/mol. The van der Waals surface area contributed by atoms with Gasteiger partial charge in [-0.25, -0.2) is 0 Å². The molecule has 0 aromatic rings. The Labute approximate surface area is 133 Å². The predicted octanol–water partition coefficient (Wildman–Crippen LogP) is -3.78. The van der Waals surface area contributed by atoms with Gasteiger partial charge in [-0.1, -0.05) is 0 Å². The van der Waals surface area contributed by atoms with Crippen molar-refractivity contribution >= 4 is 0 Å². The lowest BCUT2D eigenvalue weighted by Gasteiger charge is -2.42. The fourth-order valence-corrected chi connectivity index (χ4v) is 2.60. The summed E-state index contributed by atoms with van der Waals surface area (Å²) in [7, 11) is 0. The fourth-order valence-electron chi connectivity index (χ4n) is 2.60. The van der Waals surface area contributed by atoms with E-state index in [1.165, 1.54) is 0 Å². The highest BCUT2D eigenvalue weighted by Crippen LogP contribution is 2.29. The smallest absolute Gasteiger partial charge is 0.196 e. The molecule has 0 radical (unpaired) electrons. The van der Waals surface area contributed by atoms with Gasteiger partial charge in [-0.05, 0) is 12.8 Å². The molecule has 136 valence electrons. The van der Waals surface area contributed by atoms with Crippen LogP contribution in [0, 0.1) is 5.92 Å².